The number of thioether (sulfide) groups is 1. The number of hydrogen-bond acceptors (Lipinski definition) is 5. The molecule has 2 aliphatic rings. The van der Waals surface area contributed by atoms with Gasteiger partial charge in [-0.3, -0.25) is 9.78 Å². The maximum Gasteiger partial charge on any atom is 0.329 e. The van der Waals surface area contributed by atoms with Crippen molar-refractivity contribution in [3.8, 4) is 5.75 Å². The summed E-state index contributed by atoms with van der Waals surface area (Å²) in [5.74, 6) is -0.302. The van der Waals surface area contributed by atoms with E-state index < -0.39 is 17.3 Å². The predicted octanol–water partition coefficient (Wildman–Crippen LogP) is 4.18. The van der Waals surface area contributed by atoms with Crippen LogP contribution in [0.3, 0.4) is 0 Å². The summed E-state index contributed by atoms with van der Waals surface area (Å²) in [4.78, 5) is 32.1. The molecule has 5 rings (SSSR count). The number of pyridine rings is 1. The van der Waals surface area contributed by atoms with Gasteiger partial charge in [-0.2, -0.15) is 0 Å². The molecule has 1 fully saturated rings. The lowest BCUT2D eigenvalue weighted by Gasteiger charge is -2.33. The predicted molar refractivity (Wildman–Crippen MR) is 114 cm³/mol. The van der Waals surface area contributed by atoms with Gasteiger partial charge in [-0.15, -0.1) is 11.8 Å². The van der Waals surface area contributed by atoms with E-state index in [4.69, 9.17) is 11.6 Å². The van der Waals surface area contributed by atoms with Gasteiger partial charge in [-0.25, -0.2) is 9.69 Å². The molecule has 0 saturated carbocycles. The Hall–Kier alpha value is -3.03. The molecule has 0 spiro atoms. The molecule has 2 atom stereocenters. The van der Waals surface area contributed by atoms with Gasteiger partial charge in [0.25, 0.3) is 5.91 Å². The van der Waals surface area contributed by atoms with E-state index in [1.165, 1.54) is 18.0 Å². The van der Waals surface area contributed by atoms with Crippen molar-refractivity contribution in [3.63, 3.8) is 0 Å². The van der Waals surface area contributed by atoms with E-state index in [2.05, 4.69) is 10.3 Å². The SMILES string of the molecule is O=C1NC2C=C(c3c(O)cccc3Cl)SC2C(=O)N1c1cncc2ccccc12. The number of rotatable bonds is 2. The van der Waals surface area contributed by atoms with E-state index in [-0.39, 0.29) is 11.7 Å². The zero-order chi connectivity index (χ0) is 20.1. The number of nitrogens with zero attached hydrogens (tertiary/aromatic N) is 2. The second-order valence-electron chi connectivity index (χ2n) is 6.73. The van der Waals surface area contributed by atoms with Crippen LogP contribution >= 0.6 is 23.4 Å². The summed E-state index contributed by atoms with van der Waals surface area (Å²) in [6, 6.07) is 11.3. The van der Waals surface area contributed by atoms with Crippen molar-refractivity contribution in [2.45, 2.75) is 11.3 Å². The topological polar surface area (TPSA) is 82.5 Å². The van der Waals surface area contributed by atoms with Crippen LogP contribution < -0.4 is 10.2 Å². The van der Waals surface area contributed by atoms with Crippen molar-refractivity contribution in [1.29, 1.82) is 0 Å². The number of carbonyl (C=O) groups excluding carboxylic acids is 2. The lowest BCUT2D eigenvalue weighted by Crippen LogP contribution is -2.60. The van der Waals surface area contributed by atoms with Gasteiger partial charge in [-0.05, 0) is 18.2 Å². The number of fused-ring (bicyclic) bond motifs is 2. The zero-order valence-corrected chi connectivity index (χ0v) is 16.4. The van der Waals surface area contributed by atoms with E-state index in [0.29, 0.717) is 21.2 Å². The second kappa shape index (κ2) is 6.79. The second-order valence-corrected chi connectivity index (χ2v) is 8.32. The molecule has 144 valence electrons. The molecule has 2 aromatic carbocycles. The van der Waals surface area contributed by atoms with Crippen LogP contribution in [0.15, 0.2) is 60.9 Å². The van der Waals surface area contributed by atoms with Crippen molar-refractivity contribution >= 4 is 56.7 Å². The number of aromatic nitrogens is 1. The summed E-state index contributed by atoms with van der Waals surface area (Å²) in [7, 11) is 0. The summed E-state index contributed by atoms with van der Waals surface area (Å²) in [6.07, 6.45) is 4.98. The first-order valence-corrected chi connectivity index (χ1v) is 10.1. The Morgan fingerprint density at radius 2 is 1.93 bits per heavy atom. The molecule has 3 heterocycles. The average Bonchev–Trinajstić information content (AvgIpc) is 3.12. The van der Waals surface area contributed by atoms with E-state index in [9.17, 15) is 14.7 Å². The van der Waals surface area contributed by atoms with Crippen molar-refractivity contribution in [1.82, 2.24) is 10.3 Å². The van der Waals surface area contributed by atoms with Crippen molar-refractivity contribution in [3.05, 3.63) is 71.5 Å². The number of urea groups is 1. The van der Waals surface area contributed by atoms with E-state index >= 15 is 0 Å². The molecule has 0 aliphatic carbocycles. The zero-order valence-electron chi connectivity index (χ0n) is 14.9. The van der Waals surface area contributed by atoms with Crippen LogP contribution in [0, 0.1) is 0 Å². The third-order valence-corrected chi connectivity index (χ3v) is 6.65. The first-order chi connectivity index (χ1) is 14.0. The van der Waals surface area contributed by atoms with Gasteiger partial charge in [0.15, 0.2) is 0 Å². The van der Waals surface area contributed by atoms with E-state index in [1.54, 1.807) is 30.5 Å². The molecule has 1 saturated heterocycles. The summed E-state index contributed by atoms with van der Waals surface area (Å²) in [5, 5.41) is 14.5. The number of carbonyl (C=O) groups is 2. The summed E-state index contributed by atoms with van der Waals surface area (Å²) < 4.78 is 0. The highest BCUT2D eigenvalue weighted by Crippen LogP contribution is 2.47. The number of hydrogen-bond donors (Lipinski definition) is 2. The Kier molecular flexibility index (Phi) is 4.22. The Morgan fingerprint density at radius 1 is 1.10 bits per heavy atom. The minimum absolute atomic E-state index is 0.0313. The number of phenols is 1. The molecule has 0 radical (unpaired) electrons. The fourth-order valence-corrected chi connectivity index (χ4v) is 5.32. The third-order valence-electron chi connectivity index (χ3n) is 4.99. The molecule has 2 unspecified atom stereocenters. The van der Waals surface area contributed by atoms with Crippen LogP contribution in [0.25, 0.3) is 15.7 Å². The van der Waals surface area contributed by atoms with Gasteiger partial charge >= 0.3 is 6.03 Å². The van der Waals surface area contributed by atoms with Crippen LogP contribution in [-0.4, -0.2) is 33.3 Å². The van der Waals surface area contributed by atoms with E-state index in [1.807, 2.05) is 24.3 Å². The molecule has 3 amide bonds. The Labute approximate surface area is 175 Å². The fourth-order valence-electron chi connectivity index (χ4n) is 3.66. The Bertz CT molecular complexity index is 1190. The minimum Gasteiger partial charge on any atom is -0.507 e. The van der Waals surface area contributed by atoms with Gasteiger partial charge in [0.05, 0.1) is 22.9 Å². The molecular formula is C21H14ClN3O3S. The Balaban J connectivity index is 1.53. The largest absolute Gasteiger partial charge is 0.507 e. The highest BCUT2D eigenvalue weighted by atomic mass is 35.5. The van der Waals surface area contributed by atoms with Gasteiger partial charge in [0, 0.05) is 27.4 Å². The maximum atomic E-state index is 13.3. The van der Waals surface area contributed by atoms with Crippen LogP contribution in [0.2, 0.25) is 5.02 Å². The molecule has 1 aromatic heterocycles. The van der Waals surface area contributed by atoms with Gasteiger partial charge in [0.1, 0.15) is 11.0 Å². The quantitative estimate of drug-likeness (QED) is 0.646. The molecule has 2 aliphatic heterocycles. The smallest absolute Gasteiger partial charge is 0.329 e. The van der Waals surface area contributed by atoms with Crippen LogP contribution in [0.5, 0.6) is 5.75 Å². The van der Waals surface area contributed by atoms with Crippen molar-refractivity contribution in [2.24, 2.45) is 0 Å². The monoisotopic (exact) mass is 423 g/mol. The van der Waals surface area contributed by atoms with E-state index in [0.717, 1.165) is 15.7 Å². The third kappa shape index (κ3) is 2.85. The van der Waals surface area contributed by atoms with Gasteiger partial charge in [0.2, 0.25) is 0 Å². The number of phenolic OH excluding ortho intramolecular Hbond substituents is 1. The molecule has 29 heavy (non-hydrogen) atoms. The standard InChI is InChI=1S/C21H14ClN3O3S/c22-13-6-3-7-16(26)18(13)17-8-14-19(29-17)20(27)25(21(28)24-14)15-10-23-9-11-4-1-2-5-12(11)15/h1-10,14,19,26H,(H,24,28). The maximum absolute atomic E-state index is 13.3. The highest BCUT2D eigenvalue weighted by Gasteiger charge is 2.46. The first-order valence-electron chi connectivity index (χ1n) is 8.88. The number of nitrogens with one attached hydrogen (secondary N) is 1. The first kappa shape index (κ1) is 18.0. The summed E-state index contributed by atoms with van der Waals surface area (Å²) in [6.45, 7) is 0. The molecule has 2 N–H and O–H groups in total. The number of benzene rings is 2. The normalized spacial score (nSPS) is 21.1. The molecule has 6 nitrogen and oxygen atoms in total. The molecule has 8 heteroatoms. The fraction of sp³-hybridized carbons (Fsp3) is 0.0952. The van der Waals surface area contributed by atoms with Crippen molar-refractivity contribution in [2.75, 3.05) is 4.90 Å². The summed E-state index contributed by atoms with van der Waals surface area (Å²) in [5.41, 5.74) is 0.910. The highest BCUT2D eigenvalue weighted by molar-refractivity contribution is 8.09. The van der Waals surface area contributed by atoms with Crippen LogP contribution in [0.4, 0.5) is 10.5 Å². The van der Waals surface area contributed by atoms with Gasteiger partial charge in [-0.1, -0.05) is 41.9 Å². The summed E-state index contributed by atoms with van der Waals surface area (Å²) >= 11 is 7.54. The van der Waals surface area contributed by atoms with Gasteiger partial charge < -0.3 is 10.4 Å². The lowest BCUT2D eigenvalue weighted by atomic mass is 10.1. The number of amides is 3. The van der Waals surface area contributed by atoms with Crippen molar-refractivity contribution < 1.29 is 14.7 Å². The lowest BCUT2D eigenvalue weighted by molar-refractivity contribution is -0.118. The molecule has 0 bridgehead atoms. The average molecular weight is 424 g/mol. The van der Waals surface area contributed by atoms with Crippen LogP contribution in [0.1, 0.15) is 5.56 Å². The number of anilines is 1. The number of halogens is 1. The Morgan fingerprint density at radius 3 is 2.76 bits per heavy atom. The number of aromatic hydroxyl groups is 1. The van der Waals surface area contributed by atoms with Crippen LogP contribution in [-0.2, 0) is 4.79 Å². The number of imide groups is 1. The molecular weight excluding hydrogens is 410 g/mol. The minimum atomic E-state index is -0.558. The molecule has 3 aromatic rings.